The first kappa shape index (κ1) is 14.0. The average Bonchev–Trinajstić information content (AvgIpc) is 2.28. The number of anilines is 1. The van der Waals surface area contributed by atoms with Crippen molar-refractivity contribution in [1.82, 2.24) is 4.98 Å². The molecule has 0 aliphatic carbocycles. The van der Waals surface area contributed by atoms with Gasteiger partial charge < -0.3 is 5.32 Å². The maximum Gasteiger partial charge on any atom is 0.416 e. The average molecular weight is 257 g/mol. The molecule has 1 rings (SSSR count). The van der Waals surface area contributed by atoms with Gasteiger partial charge in [0.2, 0.25) is 5.91 Å². The molecule has 0 aliphatic heterocycles. The molecule has 0 saturated carbocycles. The van der Waals surface area contributed by atoms with E-state index >= 15 is 0 Å². The van der Waals surface area contributed by atoms with Gasteiger partial charge in [0.05, 0.1) is 11.6 Å². The van der Waals surface area contributed by atoms with E-state index in [1.54, 1.807) is 0 Å². The van der Waals surface area contributed by atoms with Gasteiger partial charge in [-0.3, -0.25) is 4.79 Å². The molecule has 1 aromatic heterocycles. The van der Waals surface area contributed by atoms with Crippen molar-refractivity contribution in [2.24, 2.45) is 0 Å². The number of rotatable bonds is 4. The second-order valence-corrected chi connectivity index (χ2v) is 3.49. The second-order valence-electron chi connectivity index (χ2n) is 3.49. The summed E-state index contributed by atoms with van der Waals surface area (Å²) in [6, 6.07) is 3.46. The van der Waals surface area contributed by atoms with Gasteiger partial charge in [-0.2, -0.15) is 18.4 Å². The molecular formula is C11H10F3N3O. The molecule has 0 bridgehead atoms. The van der Waals surface area contributed by atoms with Crippen LogP contribution < -0.4 is 5.32 Å². The van der Waals surface area contributed by atoms with E-state index < -0.39 is 17.6 Å². The molecule has 7 heteroatoms. The summed E-state index contributed by atoms with van der Waals surface area (Å²) in [6.45, 7) is 0. The minimum Gasteiger partial charge on any atom is -0.311 e. The van der Waals surface area contributed by atoms with Crippen LogP contribution in [-0.4, -0.2) is 10.9 Å². The molecule has 0 radical (unpaired) electrons. The van der Waals surface area contributed by atoms with E-state index in [1.807, 2.05) is 6.07 Å². The molecule has 18 heavy (non-hydrogen) atoms. The fraction of sp³-hybridized carbons (Fsp3) is 0.364. The molecule has 1 heterocycles. The van der Waals surface area contributed by atoms with Crippen LogP contribution in [0.15, 0.2) is 18.3 Å². The topological polar surface area (TPSA) is 65.8 Å². The Morgan fingerprint density at radius 2 is 2.22 bits per heavy atom. The Morgan fingerprint density at radius 1 is 1.50 bits per heavy atom. The summed E-state index contributed by atoms with van der Waals surface area (Å²) in [4.78, 5) is 14.9. The van der Waals surface area contributed by atoms with Crippen molar-refractivity contribution in [3.8, 4) is 6.07 Å². The molecule has 1 aromatic rings. The SMILES string of the molecule is N#CCCCC(=O)Nc1cc(C(F)(F)F)ccn1. The van der Waals surface area contributed by atoms with Crippen molar-refractivity contribution >= 4 is 11.7 Å². The number of hydrogen-bond donors (Lipinski definition) is 1. The lowest BCUT2D eigenvalue weighted by atomic mass is 10.2. The zero-order valence-electron chi connectivity index (χ0n) is 9.29. The third-order valence-corrected chi connectivity index (χ3v) is 2.05. The molecule has 0 unspecified atom stereocenters. The van der Waals surface area contributed by atoms with E-state index in [0.29, 0.717) is 6.42 Å². The predicted octanol–water partition coefficient (Wildman–Crippen LogP) is 2.73. The van der Waals surface area contributed by atoms with Gasteiger partial charge in [0.25, 0.3) is 0 Å². The molecule has 96 valence electrons. The van der Waals surface area contributed by atoms with Crippen molar-refractivity contribution < 1.29 is 18.0 Å². The van der Waals surface area contributed by atoms with Crippen LogP contribution in [0.2, 0.25) is 0 Å². The quantitative estimate of drug-likeness (QED) is 0.843. The Balaban J connectivity index is 2.63. The highest BCUT2D eigenvalue weighted by Gasteiger charge is 2.30. The fourth-order valence-electron chi connectivity index (χ4n) is 1.21. The van der Waals surface area contributed by atoms with Crippen LogP contribution in [0.5, 0.6) is 0 Å². The standard InChI is InChI=1S/C11H10F3N3O/c12-11(13,14)8-4-6-16-9(7-8)17-10(18)3-1-2-5-15/h4,6-7H,1-3H2,(H,16,17,18). The summed E-state index contributed by atoms with van der Waals surface area (Å²) in [5.74, 6) is -0.608. The summed E-state index contributed by atoms with van der Waals surface area (Å²) < 4.78 is 37.1. The van der Waals surface area contributed by atoms with Gasteiger partial charge in [0, 0.05) is 19.0 Å². The zero-order valence-corrected chi connectivity index (χ0v) is 9.29. The smallest absolute Gasteiger partial charge is 0.311 e. The van der Waals surface area contributed by atoms with Gasteiger partial charge >= 0.3 is 6.18 Å². The molecular weight excluding hydrogens is 247 g/mol. The second kappa shape index (κ2) is 6.00. The zero-order chi connectivity index (χ0) is 13.6. The van der Waals surface area contributed by atoms with Gasteiger partial charge in [0.1, 0.15) is 5.82 Å². The number of alkyl halides is 3. The van der Waals surface area contributed by atoms with Crippen LogP contribution in [-0.2, 0) is 11.0 Å². The van der Waals surface area contributed by atoms with E-state index in [2.05, 4.69) is 10.3 Å². The van der Waals surface area contributed by atoms with E-state index in [1.165, 1.54) is 0 Å². The molecule has 4 nitrogen and oxygen atoms in total. The summed E-state index contributed by atoms with van der Waals surface area (Å²) in [7, 11) is 0. The number of nitrogens with zero attached hydrogens (tertiary/aromatic N) is 2. The van der Waals surface area contributed by atoms with Crippen LogP contribution in [0, 0.1) is 11.3 Å². The van der Waals surface area contributed by atoms with Gasteiger partial charge in [-0.05, 0) is 18.6 Å². The first-order valence-corrected chi connectivity index (χ1v) is 5.13. The molecule has 1 amide bonds. The van der Waals surface area contributed by atoms with Gasteiger partial charge in [0.15, 0.2) is 0 Å². The molecule has 0 spiro atoms. The Morgan fingerprint density at radius 3 is 2.83 bits per heavy atom. The van der Waals surface area contributed by atoms with Crippen LogP contribution >= 0.6 is 0 Å². The van der Waals surface area contributed by atoms with Crippen LogP contribution in [0.1, 0.15) is 24.8 Å². The lowest BCUT2D eigenvalue weighted by Crippen LogP contribution is -2.13. The first-order chi connectivity index (χ1) is 8.43. The van der Waals surface area contributed by atoms with Gasteiger partial charge in [-0.1, -0.05) is 0 Å². The van der Waals surface area contributed by atoms with E-state index in [4.69, 9.17) is 5.26 Å². The summed E-state index contributed by atoms with van der Waals surface area (Å²) in [5, 5.41) is 10.5. The summed E-state index contributed by atoms with van der Waals surface area (Å²) in [6.07, 6.45) is -2.83. The normalized spacial score (nSPS) is 10.8. The largest absolute Gasteiger partial charge is 0.416 e. The number of amides is 1. The predicted molar refractivity (Wildman–Crippen MR) is 57.3 cm³/mol. The van der Waals surface area contributed by atoms with E-state index in [9.17, 15) is 18.0 Å². The molecule has 0 fully saturated rings. The minimum absolute atomic E-state index is 0.0749. The molecule has 0 saturated heterocycles. The third-order valence-electron chi connectivity index (χ3n) is 2.05. The maximum absolute atomic E-state index is 12.4. The van der Waals surface area contributed by atoms with Crippen molar-refractivity contribution in [2.75, 3.05) is 5.32 Å². The highest BCUT2D eigenvalue weighted by molar-refractivity contribution is 5.89. The van der Waals surface area contributed by atoms with Gasteiger partial charge in [-0.25, -0.2) is 4.98 Å². The highest BCUT2D eigenvalue weighted by atomic mass is 19.4. The molecule has 0 aromatic carbocycles. The molecule has 0 atom stereocenters. The number of nitrogens with one attached hydrogen (secondary N) is 1. The Labute approximate surface area is 101 Å². The lowest BCUT2D eigenvalue weighted by molar-refractivity contribution is -0.137. The monoisotopic (exact) mass is 257 g/mol. The highest BCUT2D eigenvalue weighted by Crippen LogP contribution is 2.29. The van der Waals surface area contributed by atoms with Crippen molar-refractivity contribution in [3.05, 3.63) is 23.9 Å². The number of carbonyl (C=O) groups excluding carboxylic acids is 1. The molecule has 0 aliphatic rings. The number of aromatic nitrogens is 1. The number of unbranched alkanes of at least 4 members (excludes halogenated alkanes) is 1. The van der Waals surface area contributed by atoms with Gasteiger partial charge in [-0.15, -0.1) is 0 Å². The Hall–Kier alpha value is -2.10. The van der Waals surface area contributed by atoms with Crippen LogP contribution in [0.4, 0.5) is 19.0 Å². The lowest BCUT2D eigenvalue weighted by Gasteiger charge is -2.08. The first-order valence-electron chi connectivity index (χ1n) is 5.13. The summed E-state index contributed by atoms with van der Waals surface area (Å²) in [5.41, 5.74) is -0.871. The van der Waals surface area contributed by atoms with E-state index in [0.717, 1.165) is 18.3 Å². The van der Waals surface area contributed by atoms with Crippen molar-refractivity contribution in [3.63, 3.8) is 0 Å². The Bertz CT molecular complexity index is 465. The Kier molecular flexibility index (Phi) is 4.66. The van der Waals surface area contributed by atoms with Crippen molar-refractivity contribution in [1.29, 1.82) is 5.26 Å². The van der Waals surface area contributed by atoms with E-state index in [-0.39, 0.29) is 18.7 Å². The minimum atomic E-state index is -4.47. The number of nitriles is 1. The number of hydrogen-bond acceptors (Lipinski definition) is 3. The number of carbonyl (C=O) groups is 1. The van der Waals surface area contributed by atoms with Crippen molar-refractivity contribution in [2.45, 2.75) is 25.4 Å². The number of halogens is 3. The molecule has 1 N–H and O–H groups in total. The number of pyridine rings is 1. The third kappa shape index (κ3) is 4.41. The van der Waals surface area contributed by atoms with Crippen LogP contribution in [0.3, 0.4) is 0 Å². The summed E-state index contributed by atoms with van der Waals surface area (Å²) >= 11 is 0. The maximum atomic E-state index is 12.4. The van der Waals surface area contributed by atoms with Crippen LogP contribution in [0.25, 0.3) is 0 Å². The fourth-order valence-corrected chi connectivity index (χ4v) is 1.21.